The Balaban J connectivity index is 2.06. The normalized spacial score (nSPS) is 15.9. The first-order chi connectivity index (χ1) is 10.0. The summed E-state index contributed by atoms with van der Waals surface area (Å²) >= 11 is 6.07. The molecule has 0 amide bonds. The molecule has 1 aromatic rings. The molecule has 21 heavy (non-hydrogen) atoms. The summed E-state index contributed by atoms with van der Waals surface area (Å²) in [7, 11) is -3.53. The molecule has 6 heteroatoms. The average molecular weight is 331 g/mol. The number of halogens is 1. The SMILES string of the molecule is CCCNCc1ccc(Cl)c(S(=O)(=O)NCC2CCC2)c1. The van der Waals surface area contributed by atoms with Crippen LogP contribution in [0, 0.1) is 5.92 Å². The van der Waals surface area contributed by atoms with Crippen LogP contribution in [0.3, 0.4) is 0 Å². The summed E-state index contributed by atoms with van der Waals surface area (Å²) in [5.74, 6) is 0.480. The van der Waals surface area contributed by atoms with Gasteiger partial charge in [-0.1, -0.05) is 31.0 Å². The first kappa shape index (κ1) is 16.7. The minimum absolute atomic E-state index is 0.180. The zero-order valence-corrected chi connectivity index (χ0v) is 13.9. The van der Waals surface area contributed by atoms with Crippen LogP contribution in [0.25, 0.3) is 0 Å². The van der Waals surface area contributed by atoms with Gasteiger partial charge in [0.2, 0.25) is 10.0 Å². The van der Waals surface area contributed by atoms with Crippen molar-refractivity contribution in [1.82, 2.24) is 10.0 Å². The Morgan fingerprint density at radius 2 is 2.10 bits per heavy atom. The molecule has 0 radical (unpaired) electrons. The number of nitrogens with one attached hydrogen (secondary N) is 2. The summed E-state index contributed by atoms with van der Waals surface area (Å²) in [4.78, 5) is 0.180. The van der Waals surface area contributed by atoms with Crippen LogP contribution in [-0.4, -0.2) is 21.5 Å². The average Bonchev–Trinajstić information content (AvgIpc) is 2.39. The Hall–Kier alpha value is -0.620. The molecule has 0 atom stereocenters. The quantitative estimate of drug-likeness (QED) is 0.720. The highest BCUT2D eigenvalue weighted by molar-refractivity contribution is 7.89. The van der Waals surface area contributed by atoms with Crippen molar-refractivity contribution in [2.75, 3.05) is 13.1 Å². The van der Waals surface area contributed by atoms with E-state index in [2.05, 4.69) is 17.0 Å². The van der Waals surface area contributed by atoms with Crippen LogP contribution in [-0.2, 0) is 16.6 Å². The second-order valence-electron chi connectivity index (χ2n) is 5.59. The molecule has 0 unspecified atom stereocenters. The molecule has 0 spiro atoms. The smallest absolute Gasteiger partial charge is 0.242 e. The Morgan fingerprint density at radius 3 is 2.71 bits per heavy atom. The van der Waals surface area contributed by atoms with Gasteiger partial charge in [0, 0.05) is 13.1 Å². The van der Waals surface area contributed by atoms with Crippen molar-refractivity contribution >= 4 is 21.6 Å². The third-order valence-electron chi connectivity index (χ3n) is 3.83. The number of sulfonamides is 1. The van der Waals surface area contributed by atoms with Gasteiger partial charge in [-0.15, -0.1) is 0 Å². The number of hydrogen-bond acceptors (Lipinski definition) is 3. The molecule has 1 aliphatic carbocycles. The lowest BCUT2D eigenvalue weighted by atomic mass is 9.86. The van der Waals surface area contributed by atoms with Gasteiger partial charge in [-0.3, -0.25) is 0 Å². The van der Waals surface area contributed by atoms with Crippen LogP contribution in [0.15, 0.2) is 23.1 Å². The zero-order chi connectivity index (χ0) is 15.3. The van der Waals surface area contributed by atoms with E-state index < -0.39 is 10.0 Å². The van der Waals surface area contributed by atoms with E-state index in [0.717, 1.165) is 31.4 Å². The summed E-state index contributed by atoms with van der Waals surface area (Å²) in [6.45, 7) is 4.16. The van der Waals surface area contributed by atoms with Gasteiger partial charge in [-0.2, -0.15) is 0 Å². The lowest BCUT2D eigenvalue weighted by molar-refractivity contribution is 0.316. The summed E-state index contributed by atoms with van der Waals surface area (Å²) in [5.41, 5.74) is 0.928. The topological polar surface area (TPSA) is 58.2 Å². The van der Waals surface area contributed by atoms with Crippen LogP contribution in [0.5, 0.6) is 0 Å². The molecule has 1 fully saturated rings. The predicted octanol–water partition coefficient (Wildman–Crippen LogP) is 2.92. The summed E-state index contributed by atoms with van der Waals surface area (Å²) in [5, 5.41) is 3.53. The third kappa shape index (κ3) is 4.68. The van der Waals surface area contributed by atoms with E-state index >= 15 is 0 Å². The Kier molecular flexibility index (Phi) is 6.05. The summed E-state index contributed by atoms with van der Waals surface area (Å²) < 4.78 is 27.4. The maximum absolute atomic E-state index is 12.4. The summed E-state index contributed by atoms with van der Waals surface area (Å²) in [6, 6.07) is 5.17. The minimum Gasteiger partial charge on any atom is -0.313 e. The zero-order valence-electron chi connectivity index (χ0n) is 12.4. The molecule has 0 aliphatic heterocycles. The van der Waals surface area contributed by atoms with Crippen molar-refractivity contribution in [1.29, 1.82) is 0 Å². The van der Waals surface area contributed by atoms with Crippen molar-refractivity contribution in [3.8, 4) is 0 Å². The molecule has 1 aliphatic rings. The molecule has 1 aromatic carbocycles. The highest BCUT2D eigenvalue weighted by Gasteiger charge is 2.23. The largest absolute Gasteiger partial charge is 0.313 e. The lowest BCUT2D eigenvalue weighted by Crippen LogP contribution is -2.32. The van der Waals surface area contributed by atoms with Gasteiger partial charge in [0.25, 0.3) is 0 Å². The fourth-order valence-electron chi connectivity index (χ4n) is 2.28. The molecule has 0 saturated heterocycles. The second kappa shape index (κ2) is 7.58. The van der Waals surface area contributed by atoms with Crippen LogP contribution >= 0.6 is 11.6 Å². The minimum atomic E-state index is -3.53. The van der Waals surface area contributed by atoms with Gasteiger partial charge in [0.05, 0.1) is 5.02 Å². The molecule has 118 valence electrons. The van der Waals surface area contributed by atoms with Crippen LogP contribution in [0.4, 0.5) is 0 Å². The van der Waals surface area contributed by atoms with Crippen LogP contribution in [0.2, 0.25) is 5.02 Å². The van der Waals surface area contributed by atoms with Gasteiger partial charge in [-0.05, 0) is 49.4 Å². The fourth-order valence-corrected chi connectivity index (χ4v) is 3.94. The Bertz CT molecular complexity index is 571. The van der Waals surface area contributed by atoms with E-state index in [0.29, 0.717) is 19.0 Å². The van der Waals surface area contributed by atoms with Gasteiger partial charge in [0.15, 0.2) is 0 Å². The predicted molar refractivity (Wildman–Crippen MR) is 86.0 cm³/mol. The standard InChI is InChI=1S/C15H23ClN2O2S/c1-2-8-17-10-13-6-7-14(16)15(9-13)21(19,20)18-11-12-4-3-5-12/h6-7,9,12,17-18H,2-5,8,10-11H2,1H3. The monoisotopic (exact) mass is 330 g/mol. The Morgan fingerprint density at radius 1 is 1.33 bits per heavy atom. The molecule has 2 rings (SSSR count). The van der Waals surface area contributed by atoms with E-state index in [1.165, 1.54) is 6.42 Å². The maximum Gasteiger partial charge on any atom is 0.242 e. The molecule has 0 heterocycles. The van der Waals surface area contributed by atoms with Crippen molar-refractivity contribution in [2.24, 2.45) is 5.92 Å². The van der Waals surface area contributed by atoms with Crippen LogP contribution < -0.4 is 10.0 Å². The Labute approximate surface area is 132 Å². The molecular formula is C15H23ClN2O2S. The molecule has 1 saturated carbocycles. The number of rotatable bonds is 8. The van der Waals surface area contributed by atoms with Crippen molar-refractivity contribution in [2.45, 2.75) is 44.0 Å². The molecule has 0 aromatic heterocycles. The van der Waals surface area contributed by atoms with Gasteiger partial charge >= 0.3 is 0 Å². The molecule has 2 N–H and O–H groups in total. The van der Waals surface area contributed by atoms with Crippen molar-refractivity contribution < 1.29 is 8.42 Å². The first-order valence-electron chi connectivity index (χ1n) is 7.51. The van der Waals surface area contributed by atoms with E-state index in [-0.39, 0.29) is 9.92 Å². The molecular weight excluding hydrogens is 308 g/mol. The third-order valence-corrected chi connectivity index (χ3v) is 5.73. The highest BCUT2D eigenvalue weighted by Crippen LogP contribution is 2.27. The van der Waals surface area contributed by atoms with E-state index in [4.69, 9.17) is 11.6 Å². The van der Waals surface area contributed by atoms with Gasteiger partial charge in [-0.25, -0.2) is 13.1 Å². The summed E-state index contributed by atoms with van der Waals surface area (Å²) in [6.07, 6.45) is 4.46. The second-order valence-corrected chi connectivity index (χ2v) is 7.73. The van der Waals surface area contributed by atoms with Gasteiger partial charge in [0.1, 0.15) is 4.90 Å². The fraction of sp³-hybridized carbons (Fsp3) is 0.600. The maximum atomic E-state index is 12.4. The van der Waals surface area contributed by atoms with Crippen LogP contribution in [0.1, 0.15) is 38.2 Å². The van der Waals surface area contributed by atoms with E-state index in [1.54, 1.807) is 12.1 Å². The van der Waals surface area contributed by atoms with E-state index in [9.17, 15) is 8.42 Å². The lowest BCUT2D eigenvalue weighted by Gasteiger charge is -2.25. The first-order valence-corrected chi connectivity index (χ1v) is 9.38. The van der Waals surface area contributed by atoms with Crippen molar-refractivity contribution in [3.63, 3.8) is 0 Å². The molecule has 0 bridgehead atoms. The molecule has 4 nitrogen and oxygen atoms in total. The van der Waals surface area contributed by atoms with Gasteiger partial charge < -0.3 is 5.32 Å². The number of hydrogen-bond donors (Lipinski definition) is 2. The van der Waals surface area contributed by atoms with E-state index in [1.807, 2.05) is 6.07 Å². The highest BCUT2D eigenvalue weighted by atomic mass is 35.5. The number of benzene rings is 1. The van der Waals surface area contributed by atoms with Crippen molar-refractivity contribution in [3.05, 3.63) is 28.8 Å².